The van der Waals surface area contributed by atoms with Crippen molar-refractivity contribution in [3.05, 3.63) is 47.3 Å². The lowest BCUT2D eigenvalue weighted by Crippen LogP contribution is -2.39. The maximum Gasteiger partial charge on any atom is 0.274 e. The SMILES string of the molecule is CCc1[nH]nc(C(=O)NC(CO)Cc2ccccc2)c1N. The number of benzene rings is 1. The van der Waals surface area contributed by atoms with E-state index < -0.39 is 0 Å². The van der Waals surface area contributed by atoms with Crippen LogP contribution < -0.4 is 11.1 Å². The summed E-state index contributed by atoms with van der Waals surface area (Å²) in [5.41, 5.74) is 8.20. The van der Waals surface area contributed by atoms with E-state index in [1.54, 1.807) is 0 Å². The van der Waals surface area contributed by atoms with Gasteiger partial charge in [-0.15, -0.1) is 0 Å². The third kappa shape index (κ3) is 3.61. The van der Waals surface area contributed by atoms with Crippen molar-refractivity contribution in [2.24, 2.45) is 0 Å². The lowest BCUT2D eigenvalue weighted by Gasteiger charge is -2.15. The Hall–Kier alpha value is -2.34. The summed E-state index contributed by atoms with van der Waals surface area (Å²) in [6.07, 6.45) is 1.23. The number of aromatic amines is 1. The summed E-state index contributed by atoms with van der Waals surface area (Å²) in [4.78, 5) is 12.2. The van der Waals surface area contributed by atoms with Crippen molar-refractivity contribution in [2.75, 3.05) is 12.3 Å². The van der Waals surface area contributed by atoms with Crippen LogP contribution in [-0.2, 0) is 12.8 Å². The quantitative estimate of drug-likeness (QED) is 0.633. The first kappa shape index (κ1) is 15.1. The Bertz CT molecular complexity index is 595. The molecule has 1 aromatic heterocycles. The molecule has 1 heterocycles. The summed E-state index contributed by atoms with van der Waals surface area (Å²) in [6, 6.07) is 9.29. The highest BCUT2D eigenvalue weighted by molar-refractivity contribution is 5.97. The second-order valence-electron chi connectivity index (χ2n) is 4.86. The van der Waals surface area contributed by atoms with Gasteiger partial charge >= 0.3 is 0 Å². The van der Waals surface area contributed by atoms with Crippen LogP contribution in [-0.4, -0.2) is 33.9 Å². The van der Waals surface area contributed by atoms with E-state index in [9.17, 15) is 9.90 Å². The zero-order chi connectivity index (χ0) is 15.2. The number of carbonyl (C=O) groups is 1. The molecule has 0 aliphatic heterocycles. The Morgan fingerprint density at radius 2 is 2.14 bits per heavy atom. The smallest absolute Gasteiger partial charge is 0.274 e. The molecule has 1 unspecified atom stereocenters. The molecule has 1 amide bonds. The van der Waals surface area contributed by atoms with Crippen LogP contribution in [0.2, 0.25) is 0 Å². The molecule has 0 aliphatic carbocycles. The first-order valence-corrected chi connectivity index (χ1v) is 6.94. The number of nitrogens with zero attached hydrogens (tertiary/aromatic N) is 1. The predicted octanol–water partition coefficient (Wildman–Crippen LogP) is 0.888. The average Bonchev–Trinajstić information content (AvgIpc) is 2.88. The van der Waals surface area contributed by atoms with Crippen LogP contribution >= 0.6 is 0 Å². The molecule has 1 aromatic carbocycles. The fraction of sp³-hybridized carbons (Fsp3) is 0.333. The highest BCUT2D eigenvalue weighted by atomic mass is 16.3. The molecule has 1 atom stereocenters. The van der Waals surface area contributed by atoms with E-state index in [-0.39, 0.29) is 24.2 Å². The Labute approximate surface area is 123 Å². The van der Waals surface area contributed by atoms with Gasteiger partial charge in [0.25, 0.3) is 5.91 Å². The van der Waals surface area contributed by atoms with Crippen LogP contribution in [0.15, 0.2) is 30.3 Å². The number of aromatic nitrogens is 2. The molecule has 0 spiro atoms. The molecular weight excluding hydrogens is 268 g/mol. The monoisotopic (exact) mass is 288 g/mol. The van der Waals surface area contributed by atoms with Crippen molar-refractivity contribution in [1.29, 1.82) is 0 Å². The number of aryl methyl sites for hydroxylation is 1. The van der Waals surface area contributed by atoms with Crippen molar-refractivity contribution in [3.63, 3.8) is 0 Å². The largest absolute Gasteiger partial charge is 0.395 e. The van der Waals surface area contributed by atoms with E-state index in [0.29, 0.717) is 18.5 Å². The number of hydrogen-bond acceptors (Lipinski definition) is 4. The van der Waals surface area contributed by atoms with E-state index in [2.05, 4.69) is 15.5 Å². The van der Waals surface area contributed by atoms with Gasteiger partial charge in [-0.1, -0.05) is 37.3 Å². The van der Waals surface area contributed by atoms with Gasteiger partial charge in [-0.3, -0.25) is 9.89 Å². The van der Waals surface area contributed by atoms with Gasteiger partial charge in [0.1, 0.15) is 0 Å². The highest BCUT2D eigenvalue weighted by Crippen LogP contribution is 2.14. The van der Waals surface area contributed by atoms with Crippen molar-refractivity contribution < 1.29 is 9.90 Å². The third-order valence-corrected chi connectivity index (χ3v) is 3.33. The van der Waals surface area contributed by atoms with Crippen LogP contribution in [0.1, 0.15) is 28.7 Å². The second kappa shape index (κ2) is 6.90. The van der Waals surface area contributed by atoms with E-state index in [1.165, 1.54) is 0 Å². The summed E-state index contributed by atoms with van der Waals surface area (Å²) < 4.78 is 0. The number of rotatable bonds is 6. The molecule has 6 heteroatoms. The zero-order valence-corrected chi connectivity index (χ0v) is 12.0. The molecule has 5 N–H and O–H groups in total. The molecule has 2 aromatic rings. The number of carbonyl (C=O) groups excluding carboxylic acids is 1. The summed E-state index contributed by atoms with van der Waals surface area (Å²) >= 11 is 0. The molecule has 0 bridgehead atoms. The molecule has 21 heavy (non-hydrogen) atoms. The summed E-state index contributed by atoms with van der Waals surface area (Å²) in [7, 11) is 0. The zero-order valence-electron chi connectivity index (χ0n) is 12.0. The average molecular weight is 288 g/mol. The maximum atomic E-state index is 12.2. The Balaban J connectivity index is 2.04. The maximum absolute atomic E-state index is 12.2. The van der Waals surface area contributed by atoms with Gasteiger partial charge < -0.3 is 16.2 Å². The van der Waals surface area contributed by atoms with Gasteiger partial charge in [-0.25, -0.2) is 0 Å². The fourth-order valence-electron chi connectivity index (χ4n) is 2.14. The molecule has 0 radical (unpaired) electrons. The lowest BCUT2D eigenvalue weighted by molar-refractivity contribution is 0.0912. The number of amides is 1. The van der Waals surface area contributed by atoms with Gasteiger partial charge in [-0.05, 0) is 18.4 Å². The first-order chi connectivity index (χ1) is 10.2. The fourth-order valence-corrected chi connectivity index (χ4v) is 2.14. The minimum absolute atomic E-state index is 0.147. The van der Waals surface area contributed by atoms with Crippen LogP contribution in [0, 0.1) is 0 Å². The number of aliphatic hydroxyl groups excluding tert-OH is 1. The van der Waals surface area contributed by atoms with Gasteiger partial charge in [0.15, 0.2) is 5.69 Å². The second-order valence-corrected chi connectivity index (χ2v) is 4.86. The van der Waals surface area contributed by atoms with Crippen LogP contribution in [0.5, 0.6) is 0 Å². The van der Waals surface area contributed by atoms with Gasteiger partial charge in [0, 0.05) is 0 Å². The topological polar surface area (TPSA) is 104 Å². The molecular formula is C15H20N4O2. The van der Waals surface area contributed by atoms with Crippen molar-refractivity contribution >= 4 is 11.6 Å². The number of nitrogens with two attached hydrogens (primary N) is 1. The van der Waals surface area contributed by atoms with E-state index >= 15 is 0 Å². The predicted molar refractivity (Wildman–Crippen MR) is 80.9 cm³/mol. The highest BCUT2D eigenvalue weighted by Gasteiger charge is 2.19. The first-order valence-electron chi connectivity index (χ1n) is 6.94. The molecule has 0 saturated carbocycles. The number of H-pyrrole nitrogens is 1. The number of aliphatic hydroxyl groups is 1. The van der Waals surface area contributed by atoms with E-state index in [1.807, 2.05) is 37.3 Å². The van der Waals surface area contributed by atoms with Crippen LogP contribution in [0.3, 0.4) is 0 Å². The molecule has 6 nitrogen and oxygen atoms in total. The van der Waals surface area contributed by atoms with Crippen LogP contribution in [0.4, 0.5) is 5.69 Å². The number of hydrogen-bond donors (Lipinski definition) is 4. The Morgan fingerprint density at radius 1 is 1.43 bits per heavy atom. The molecule has 0 aliphatic rings. The standard InChI is InChI=1S/C15H20N4O2/c1-2-12-13(16)14(19-18-12)15(21)17-11(9-20)8-10-6-4-3-5-7-10/h3-7,11,20H,2,8-9,16H2,1H3,(H,17,21)(H,18,19). The van der Waals surface area contributed by atoms with Crippen molar-refractivity contribution in [2.45, 2.75) is 25.8 Å². The van der Waals surface area contributed by atoms with Crippen molar-refractivity contribution in [1.82, 2.24) is 15.5 Å². The normalized spacial score (nSPS) is 12.1. The molecule has 112 valence electrons. The molecule has 2 rings (SSSR count). The van der Waals surface area contributed by atoms with E-state index in [4.69, 9.17) is 5.73 Å². The third-order valence-electron chi connectivity index (χ3n) is 3.33. The molecule has 0 fully saturated rings. The van der Waals surface area contributed by atoms with Crippen molar-refractivity contribution in [3.8, 4) is 0 Å². The minimum atomic E-state index is -0.376. The van der Waals surface area contributed by atoms with E-state index in [0.717, 1.165) is 11.3 Å². The lowest BCUT2D eigenvalue weighted by atomic mass is 10.1. The van der Waals surface area contributed by atoms with Gasteiger partial charge in [0.05, 0.1) is 24.0 Å². The van der Waals surface area contributed by atoms with Crippen LogP contribution in [0.25, 0.3) is 0 Å². The minimum Gasteiger partial charge on any atom is -0.395 e. The number of nitrogens with one attached hydrogen (secondary N) is 2. The Kier molecular flexibility index (Phi) is 4.94. The van der Waals surface area contributed by atoms with Gasteiger partial charge in [0.2, 0.25) is 0 Å². The summed E-state index contributed by atoms with van der Waals surface area (Å²) in [6.45, 7) is 1.78. The Morgan fingerprint density at radius 3 is 2.71 bits per heavy atom. The summed E-state index contributed by atoms with van der Waals surface area (Å²) in [5, 5.41) is 18.9. The summed E-state index contributed by atoms with van der Waals surface area (Å²) in [5.74, 6) is -0.376. The van der Waals surface area contributed by atoms with Gasteiger partial charge in [-0.2, -0.15) is 5.10 Å². The number of nitrogen functional groups attached to an aromatic ring is 1. The molecule has 0 saturated heterocycles. The number of anilines is 1.